The Balaban J connectivity index is 1.77. The number of nitrogens with one attached hydrogen (secondary N) is 1. The number of thioether (sulfide) groups is 1. The molecule has 0 aliphatic heterocycles. The third-order valence-electron chi connectivity index (χ3n) is 3.68. The van der Waals surface area contributed by atoms with Gasteiger partial charge in [-0.25, -0.2) is 9.97 Å². The number of benzene rings is 1. The third kappa shape index (κ3) is 4.65. The van der Waals surface area contributed by atoms with Gasteiger partial charge in [-0.1, -0.05) is 30.0 Å². The fourth-order valence-corrected chi connectivity index (χ4v) is 3.98. The van der Waals surface area contributed by atoms with Crippen molar-refractivity contribution in [2.45, 2.75) is 18.6 Å². The van der Waals surface area contributed by atoms with Crippen LogP contribution in [0.25, 0.3) is 11.3 Å². The van der Waals surface area contributed by atoms with Gasteiger partial charge in [0.15, 0.2) is 10.3 Å². The van der Waals surface area contributed by atoms with Gasteiger partial charge < -0.3 is 9.88 Å². The number of nitrogens with zero attached hydrogens (tertiary/aromatic N) is 4. The number of nitro benzene ring substituents is 1. The van der Waals surface area contributed by atoms with E-state index >= 15 is 0 Å². The zero-order chi connectivity index (χ0) is 20.1. The summed E-state index contributed by atoms with van der Waals surface area (Å²) in [7, 11) is 0. The van der Waals surface area contributed by atoms with Gasteiger partial charge in [-0.15, -0.1) is 17.9 Å². The van der Waals surface area contributed by atoms with E-state index in [0.717, 1.165) is 11.4 Å². The summed E-state index contributed by atoms with van der Waals surface area (Å²) in [5.41, 5.74) is 2.27. The summed E-state index contributed by atoms with van der Waals surface area (Å²) >= 11 is 2.66. The van der Waals surface area contributed by atoms with E-state index < -0.39 is 4.92 Å². The van der Waals surface area contributed by atoms with Crippen molar-refractivity contribution in [3.63, 3.8) is 0 Å². The van der Waals surface area contributed by atoms with Crippen LogP contribution in [0.5, 0.6) is 0 Å². The Morgan fingerprint density at radius 3 is 3.00 bits per heavy atom. The topological polar surface area (TPSA) is 103 Å². The molecule has 0 unspecified atom stereocenters. The van der Waals surface area contributed by atoms with Crippen LogP contribution < -0.4 is 5.32 Å². The zero-order valence-electron chi connectivity index (χ0n) is 15.0. The van der Waals surface area contributed by atoms with E-state index in [4.69, 9.17) is 0 Å². The van der Waals surface area contributed by atoms with Crippen LogP contribution in [0.3, 0.4) is 0 Å². The van der Waals surface area contributed by atoms with Crippen LogP contribution >= 0.6 is 23.1 Å². The van der Waals surface area contributed by atoms with Gasteiger partial charge in [0, 0.05) is 29.6 Å². The quantitative estimate of drug-likeness (QED) is 0.257. The lowest BCUT2D eigenvalue weighted by Crippen LogP contribution is -2.14. The summed E-state index contributed by atoms with van der Waals surface area (Å²) in [6.45, 7) is 6.09. The zero-order valence-corrected chi connectivity index (χ0v) is 16.6. The highest BCUT2D eigenvalue weighted by molar-refractivity contribution is 7.99. The molecule has 0 bridgehead atoms. The maximum absolute atomic E-state index is 12.2. The molecule has 2 heterocycles. The number of hydrogen-bond donors (Lipinski definition) is 1. The lowest BCUT2D eigenvalue weighted by atomic mass is 10.1. The van der Waals surface area contributed by atoms with Crippen molar-refractivity contribution in [3.8, 4) is 11.3 Å². The summed E-state index contributed by atoms with van der Waals surface area (Å²) in [6, 6.07) is 6.37. The van der Waals surface area contributed by atoms with Crippen LogP contribution in [-0.4, -0.2) is 31.1 Å². The molecule has 2 aromatic heterocycles. The van der Waals surface area contributed by atoms with Crippen molar-refractivity contribution in [1.29, 1.82) is 0 Å². The molecule has 0 saturated heterocycles. The number of non-ortho nitro benzene ring substituents is 1. The van der Waals surface area contributed by atoms with Gasteiger partial charge in [-0.05, 0) is 6.92 Å². The molecular formula is C18H17N5O3S2. The summed E-state index contributed by atoms with van der Waals surface area (Å²) in [5, 5.41) is 16.9. The number of allylic oxidation sites excluding steroid dienone is 1. The molecule has 0 aliphatic rings. The van der Waals surface area contributed by atoms with Gasteiger partial charge in [0.25, 0.3) is 5.69 Å². The number of imidazole rings is 1. The van der Waals surface area contributed by atoms with Gasteiger partial charge in [-0.2, -0.15) is 0 Å². The summed E-state index contributed by atoms with van der Waals surface area (Å²) in [4.78, 5) is 31.4. The van der Waals surface area contributed by atoms with Gasteiger partial charge in [0.1, 0.15) is 0 Å². The Morgan fingerprint density at radius 1 is 1.50 bits per heavy atom. The van der Waals surface area contributed by atoms with E-state index in [-0.39, 0.29) is 17.3 Å². The number of nitro groups is 1. The molecule has 10 heteroatoms. The highest BCUT2D eigenvalue weighted by atomic mass is 32.2. The van der Waals surface area contributed by atoms with Gasteiger partial charge in [-0.3, -0.25) is 14.9 Å². The van der Waals surface area contributed by atoms with Crippen LogP contribution in [0.15, 0.2) is 53.7 Å². The maximum Gasteiger partial charge on any atom is 0.270 e. The van der Waals surface area contributed by atoms with Crippen molar-refractivity contribution in [2.75, 3.05) is 11.1 Å². The lowest BCUT2D eigenvalue weighted by molar-refractivity contribution is -0.384. The SMILES string of the molecule is C=CCn1c(-c2cccc([N+](=O)[O-])c2)cnc1SCC(=O)Nc1nc(C)cs1. The number of carbonyl (C=O) groups is 1. The molecule has 0 saturated carbocycles. The molecule has 1 aromatic carbocycles. The van der Waals surface area contributed by atoms with E-state index in [1.165, 1.54) is 35.2 Å². The number of carbonyl (C=O) groups excluding carboxylic acids is 1. The normalized spacial score (nSPS) is 10.6. The first-order chi connectivity index (χ1) is 13.5. The second-order valence-electron chi connectivity index (χ2n) is 5.76. The van der Waals surface area contributed by atoms with Crippen LogP contribution in [0.4, 0.5) is 10.8 Å². The molecule has 3 aromatic rings. The Labute approximate surface area is 169 Å². The smallest absolute Gasteiger partial charge is 0.270 e. The fraction of sp³-hybridized carbons (Fsp3) is 0.167. The van der Waals surface area contributed by atoms with E-state index in [2.05, 4.69) is 21.9 Å². The average molecular weight is 416 g/mol. The van der Waals surface area contributed by atoms with Crippen LogP contribution in [0, 0.1) is 17.0 Å². The Morgan fingerprint density at radius 2 is 2.32 bits per heavy atom. The monoisotopic (exact) mass is 415 g/mol. The van der Waals surface area contributed by atoms with E-state index in [9.17, 15) is 14.9 Å². The predicted molar refractivity (Wildman–Crippen MR) is 111 cm³/mol. The van der Waals surface area contributed by atoms with Crippen molar-refractivity contribution in [1.82, 2.24) is 14.5 Å². The van der Waals surface area contributed by atoms with Gasteiger partial charge in [0.05, 0.1) is 28.3 Å². The molecule has 0 radical (unpaired) electrons. The highest BCUT2D eigenvalue weighted by Gasteiger charge is 2.15. The average Bonchev–Trinajstić information content (AvgIpc) is 3.26. The molecule has 8 nitrogen and oxygen atoms in total. The molecule has 0 aliphatic carbocycles. The van der Waals surface area contributed by atoms with Gasteiger partial charge in [0.2, 0.25) is 5.91 Å². The Hall–Kier alpha value is -2.98. The molecular weight excluding hydrogens is 398 g/mol. The van der Waals surface area contributed by atoms with Crippen molar-refractivity contribution in [2.24, 2.45) is 0 Å². The minimum atomic E-state index is -0.433. The summed E-state index contributed by atoms with van der Waals surface area (Å²) in [6.07, 6.45) is 3.36. The summed E-state index contributed by atoms with van der Waals surface area (Å²) in [5.74, 6) is -0.00866. The summed E-state index contributed by atoms with van der Waals surface area (Å²) < 4.78 is 1.87. The number of aromatic nitrogens is 3. The second-order valence-corrected chi connectivity index (χ2v) is 7.56. The second kappa shape index (κ2) is 8.81. The number of rotatable bonds is 8. The Kier molecular flexibility index (Phi) is 6.22. The first-order valence-electron chi connectivity index (χ1n) is 8.24. The maximum atomic E-state index is 12.2. The highest BCUT2D eigenvalue weighted by Crippen LogP contribution is 2.28. The molecule has 1 amide bonds. The van der Waals surface area contributed by atoms with Crippen molar-refractivity contribution in [3.05, 3.63) is 64.3 Å². The van der Waals surface area contributed by atoms with Crippen LogP contribution in [-0.2, 0) is 11.3 Å². The molecule has 0 atom stereocenters. The van der Waals surface area contributed by atoms with E-state index in [1.54, 1.807) is 24.4 Å². The molecule has 1 N–H and O–H groups in total. The van der Waals surface area contributed by atoms with Crippen LogP contribution in [0.2, 0.25) is 0 Å². The number of hydrogen-bond acceptors (Lipinski definition) is 7. The lowest BCUT2D eigenvalue weighted by Gasteiger charge is -2.09. The van der Waals surface area contributed by atoms with E-state index in [1.807, 2.05) is 16.9 Å². The minimum absolute atomic E-state index is 0.0103. The Bertz CT molecular complexity index is 1030. The molecule has 0 spiro atoms. The number of thiazole rings is 1. The standard InChI is InChI=1S/C18H17N5O3S2/c1-3-7-22-15(13-5-4-6-14(8-13)23(25)26)9-19-18(22)28-11-16(24)21-17-20-12(2)10-27-17/h3-6,8-10H,1,7,11H2,2H3,(H,20,21,24). The fourth-order valence-electron chi connectivity index (χ4n) is 2.49. The molecule has 0 fully saturated rings. The van der Waals surface area contributed by atoms with Crippen LogP contribution in [0.1, 0.15) is 5.69 Å². The number of anilines is 1. The third-order valence-corrected chi connectivity index (χ3v) is 5.55. The predicted octanol–water partition coefficient (Wildman–Crippen LogP) is 4.14. The van der Waals surface area contributed by atoms with Crippen molar-refractivity contribution < 1.29 is 9.72 Å². The first-order valence-corrected chi connectivity index (χ1v) is 10.1. The first kappa shape index (κ1) is 19.8. The minimum Gasteiger partial charge on any atom is -0.315 e. The number of amides is 1. The molecule has 144 valence electrons. The largest absolute Gasteiger partial charge is 0.315 e. The van der Waals surface area contributed by atoms with Crippen molar-refractivity contribution >= 4 is 39.8 Å². The number of aryl methyl sites for hydroxylation is 1. The molecule has 3 rings (SSSR count). The van der Waals surface area contributed by atoms with E-state index in [0.29, 0.717) is 22.4 Å². The van der Waals surface area contributed by atoms with Gasteiger partial charge >= 0.3 is 0 Å². The molecule has 28 heavy (non-hydrogen) atoms.